The minimum absolute atomic E-state index is 0.270. The maximum absolute atomic E-state index is 9.39. The molecule has 1 N–H and O–H groups in total. The van der Waals surface area contributed by atoms with Crippen molar-refractivity contribution in [3.63, 3.8) is 0 Å². The second-order valence-corrected chi connectivity index (χ2v) is 3.71. The van der Waals surface area contributed by atoms with Gasteiger partial charge in [-0.3, -0.25) is 4.90 Å². The van der Waals surface area contributed by atoms with Crippen LogP contribution in [0.25, 0.3) is 0 Å². The van der Waals surface area contributed by atoms with Gasteiger partial charge in [-0.15, -0.1) is 0 Å². The van der Waals surface area contributed by atoms with Crippen LogP contribution in [0.3, 0.4) is 0 Å². The van der Waals surface area contributed by atoms with Crippen LogP contribution >= 0.6 is 0 Å². The third kappa shape index (κ3) is 2.43. The lowest BCUT2D eigenvalue weighted by atomic mass is 9.97. The summed E-state index contributed by atoms with van der Waals surface area (Å²) in [5.41, 5.74) is -0.451. The molecular weight excluding hydrogens is 142 g/mol. The number of methoxy groups -OCH3 is 1. The molecular formula is C8H17NO2. The van der Waals surface area contributed by atoms with E-state index >= 15 is 0 Å². The van der Waals surface area contributed by atoms with Gasteiger partial charge in [-0.25, -0.2) is 0 Å². The molecule has 0 aromatic carbocycles. The average molecular weight is 159 g/mol. The highest BCUT2D eigenvalue weighted by atomic mass is 16.5. The Morgan fingerprint density at radius 2 is 2.18 bits per heavy atom. The van der Waals surface area contributed by atoms with Crippen molar-refractivity contribution in [3.8, 4) is 0 Å². The first-order chi connectivity index (χ1) is 5.03. The van der Waals surface area contributed by atoms with Gasteiger partial charge in [0.2, 0.25) is 0 Å². The molecule has 11 heavy (non-hydrogen) atoms. The summed E-state index contributed by atoms with van der Waals surface area (Å²) in [5, 5.41) is 9.39. The molecule has 0 amide bonds. The summed E-state index contributed by atoms with van der Waals surface area (Å²) in [7, 11) is 1.71. The molecule has 0 spiro atoms. The summed E-state index contributed by atoms with van der Waals surface area (Å²) in [6, 6.07) is 0. The summed E-state index contributed by atoms with van der Waals surface area (Å²) < 4.78 is 5.10. The molecule has 0 aromatic heterocycles. The van der Waals surface area contributed by atoms with Crippen molar-refractivity contribution >= 4 is 0 Å². The maximum Gasteiger partial charge on any atom is 0.0872 e. The standard InChI is InChI=1S/C8H17NO2/c1-7(11-3)4-9-5-8(2,10)6-9/h7,10H,4-6H2,1-3H3. The van der Waals surface area contributed by atoms with Gasteiger partial charge in [0.1, 0.15) is 0 Å². The van der Waals surface area contributed by atoms with Crippen molar-refractivity contribution in [1.29, 1.82) is 0 Å². The zero-order valence-electron chi connectivity index (χ0n) is 7.50. The number of rotatable bonds is 3. The van der Waals surface area contributed by atoms with Gasteiger partial charge in [-0.1, -0.05) is 0 Å². The number of hydrogen-bond acceptors (Lipinski definition) is 3. The highest BCUT2D eigenvalue weighted by molar-refractivity contribution is 4.91. The Labute approximate surface area is 68.0 Å². The summed E-state index contributed by atoms with van der Waals surface area (Å²) >= 11 is 0. The van der Waals surface area contributed by atoms with E-state index in [1.807, 2.05) is 13.8 Å². The van der Waals surface area contributed by atoms with Gasteiger partial charge in [0.15, 0.2) is 0 Å². The number of β-amino-alcohol motifs (C(OH)–C–C–N with tert-alkyl or cyclic N) is 1. The van der Waals surface area contributed by atoms with Crippen LogP contribution in [0.2, 0.25) is 0 Å². The molecule has 1 aliphatic rings. The number of aliphatic hydroxyl groups is 1. The second-order valence-electron chi connectivity index (χ2n) is 3.71. The fourth-order valence-corrected chi connectivity index (χ4v) is 1.48. The molecule has 0 radical (unpaired) electrons. The lowest BCUT2D eigenvalue weighted by Gasteiger charge is -2.45. The van der Waals surface area contributed by atoms with Crippen molar-refractivity contribution in [2.24, 2.45) is 0 Å². The monoisotopic (exact) mass is 159 g/mol. The highest BCUT2D eigenvalue weighted by Crippen LogP contribution is 2.19. The van der Waals surface area contributed by atoms with E-state index in [1.54, 1.807) is 7.11 Å². The van der Waals surface area contributed by atoms with E-state index in [0.717, 1.165) is 19.6 Å². The Kier molecular flexibility index (Phi) is 2.52. The average Bonchev–Trinajstić information content (AvgIpc) is 1.83. The number of hydrogen-bond donors (Lipinski definition) is 1. The van der Waals surface area contributed by atoms with E-state index < -0.39 is 5.60 Å². The van der Waals surface area contributed by atoms with Gasteiger partial charge in [0.05, 0.1) is 11.7 Å². The number of likely N-dealkylation sites (tertiary alicyclic amines) is 1. The van der Waals surface area contributed by atoms with Crippen molar-refractivity contribution in [2.45, 2.75) is 25.6 Å². The molecule has 66 valence electrons. The minimum atomic E-state index is -0.451. The van der Waals surface area contributed by atoms with Gasteiger partial charge in [0.25, 0.3) is 0 Å². The van der Waals surface area contributed by atoms with Crippen LogP contribution < -0.4 is 0 Å². The van der Waals surface area contributed by atoms with Gasteiger partial charge in [-0.05, 0) is 13.8 Å². The van der Waals surface area contributed by atoms with Gasteiger partial charge in [0, 0.05) is 26.7 Å². The fraction of sp³-hybridized carbons (Fsp3) is 1.00. The smallest absolute Gasteiger partial charge is 0.0872 e. The normalized spacial score (nSPS) is 26.2. The van der Waals surface area contributed by atoms with E-state index in [1.165, 1.54) is 0 Å². The predicted molar refractivity (Wildman–Crippen MR) is 43.5 cm³/mol. The SMILES string of the molecule is COC(C)CN1CC(C)(O)C1. The molecule has 0 bridgehead atoms. The summed E-state index contributed by atoms with van der Waals surface area (Å²) in [4.78, 5) is 2.19. The molecule has 1 heterocycles. The Balaban J connectivity index is 2.13. The Hall–Kier alpha value is -0.120. The van der Waals surface area contributed by atoms with E-state index in [0.29, 0.717) is 0 Å². The minimum Gasteiger partial charge on any atom is -0.388 e. The van der Waals surface area contributed by atoms with Crippen LogP contribution in [0.5, 0.6) is 0 Å². The largest absolute Gasteiger partial charge is 0.388 e. The van der Waals surface area contributed by atoms with Crippen LogP contribution in [0, 0.1) is 0 Å². The van der Waals surface area contributed by atoms with E-state index in [2.05, 4.69) is 4.90 Å². The van der Waals surface area contributed by atoms with Crippen molar-refractivity contribution in [3.05, 3.63) is 0 Å². The van der Waals surface area contributed by atoms with Crippen LogP contribution in [0.4, 0.5) is 0 Å². The molecule has 1 atom stereocenters. The first kappa shape index (κ1) is 8.97. The van der Waals surface area contributed by atoms with E-state index in [9.17, 15) is 5.11 Å². The molecule has 1 aliphatic heterocycles. The highest BCUT2D eigenvalue weighted by Gasteiger charge is 2.36. The third-order valence-corrected chi connectivity index (χ3v) is 2.05. The zero-order chi connectivity index (χ0) is 8.48. The van der Waals surface area contributed by atoms with Crippen molar-refractivity contribution < 1.29 is 9.84 Å². The summed E-state index contributed by atoms with van der Waals surface area (Å²) in [5.74, 6) is 0. The van der Waals surface area contributed by atoms with Crippen molar-refractivity contribution in [2.75, 3.05) is 26.7 Å². The molecule has 1 fully saturated rings. The van der Waals surface area contributed by atoms with Crippen LogP contribution in [0.15, 0.2) is 0 Å². The van der Waals surface area contributed by atoms with E-state index in [-0.39, 0.29) is 6.10 Å². The molecule has 3 nitrogen and oxygen atoms in total. The Bertz CT molecular complexity index is 128. The maximum atomic E-state index is 9.39. The first-order valence-electron chi connectivity index (χ1n) is 4.01. The lowest BCUT2D eigenvalue weighted by Crippen LogP contribution is -2.61. The van der Waals surface area contributed by atoms with Gasteiger partial charge >= 0.3 is 0 Å². The van der Waals surface area contributed by atoms with Crippen LogP contribution in [-0.4, -0.2) is 48.5 Å². The predicted octanol–water partition coefficient (Wildman–Crippen LogP) is 0.0879. The topological polar surface area (TPSA) is 32.7 Å². The quantitative estimate of drug-likeness (QED) is 0.633. The summed E-state index contributed by atoms with van der Waals surface area (Å²) in [6.45, 7) is 6.38. The number of nitrogens with zero attached hydrogens (tertiary/aromatic N) is 1. The first-order valence-corrected chi connectivity index (χ1v) is 4.01. The number of ether oxygens (including phenoxy) is 1. The summed E-state index contributed by atoms with van der Waals surface area (Å²) in [6.07, 6.45) is 0.270. The van der Waals surface area contributed by atoms with Crippen LogP contribution in [-0.2, 0) is 4.74 Å². The molecule has 1 unspecified atom stereocenters. The van der Waals surface area contributed by atoms with Crippen molar-refractivity contribution in [1.82, 2.24) is 4.90 Å². The Morgan fingerprint density at radius 3 is 2.55 bits per heavy atom. The molecule has 0 aliphatic carbocycles. The van der Waals surface area contributed by atoms with Gasteiger partial charge in [-0.2, -0.15) is 0 Å². The van der Waals surface area contributed by atoms with Gasteiger partial charge < -0.3 is 9.84 Å². The Morgan fingerprint density at radius 1 is 1.64 bits per heavy atom. The lowest BCUT2D eigenvalue weighted by molar-refractivity contribution is -0.0966. The third-order valence-electron chi connectivity index (χ3n) is 2.05. The van der Waals surface area contributed by atoms with E-state index in [4.69, 9.17) is 4.74 Å². The molecule has 1 saturated heterocycles. The zero-order valence-corrected chi connectivity index (χ0v) is 7.50. The molecule has 0 saturated carbocycles. The second kappa shape index (κ2) is 3.09. The molecule has 0 aromatic rings. The molecule has 1 rings (SSSR count). The fourth-order valence-electron chi connectivity index (χ4n) is 1.48. The molecule has 3 heteroatoms. The van der Waals surface area contributed by atoms with Crippen LogP contribution in [0.1, 0.15) is 13.8 Å².